The fourth-order valence-corrected chi connectivity index (χ4v) is 3.22. The van der Waals surface area contributed by atoms with E-state index in [2.05, 4.69) is 20.4 Å². The van der Waals surface area contributed by atoms with E-state index < -0.39 is 23.6 Å². The second kappa shape index (κ2) is 8.61. The third-order valence-electron chi connectivity index (χ3n) is 3.95. The average molecular weight is 439 g/mol. The van der Waals surface area contributed by atoms with E-state index in [1.165, 1.54) is 16.9 Å². The van der Waals surface area contributed by atoms with Crippen molar-refractivity contribution in [2.45, 2.75) is 26.4 Å². The maximum Gasteiger partial charge on any atom is 0.417 e. The molecule has 1 N–H and O–H groups in total. The van der Waals surface area contributed by atoms with Gasteiger partial charge in [0, 0.05) is 11.6 Å². The minimum absolute atomic E-state index is 0.00321. The van der Waals surface area contributed by atoms with Gasteiger partial charge in [-0.15, -0.1) is 11.3 Å². The minimum Gasteiger partial charge on any atom is -0.466 e. The molecule has 0 aliphatic carbocycles. The Morgan fingerprint density at radius 2 is 2.03 bits per heavy atom. The predicted octanol–water partition coefficient (Wildman–Crippen LogP) is 3.41. The van der Waals surface area contributed by atoms with Crippen LogP contribution in [0.2, 0.25) is 0 Å². The smallest absolute Gasteiger partial charge is 0.417 e. The molecule has 0 unspecified atom stereocenters. The summed E-state index contributed by atoms with van der Waals surface area (Å²) in [5, 5.41) is 8.58. The lowest BCUT2D eigenvalue weighted by Crippen LogP contribution is -2.14. The molecule has 1 amide bonds. The molecule has 0 aliphatic heterocycles. The number of hydrogen-bond donors (Lipinski definition) is 1. The van der Waals surface area contributed by atoms with Crippen LogP contribution in [0.5, 0.6) is 0 Å². The van der Waals surface area contributed by atoms with Gasteiger partial charge in [-0.3, -0.25) is 14.9 Å². The number of pyridine rings is 1. The zero-order chi connectivity index (χ0) is 21.9. The molecule has 0 radical (unpaired) electrons. The van der Waals surface area contributed by atoms with Crippen LogP contribution in [0.15, 0.2) is 29.9 Å². The van der Waals surface area contributed by atoms with Gasteiger partial charge in [0.05, 0.1) is 41.7 Å². The summed E-state index contributed by atoms with van der Waals surface area (Å²) < 4.78 is 44.2. The number of halogens is 3. The molecule has 12 heteroatoms. The van der Waals surface area contributed by atoms with E-state index in [9.17, 15) is 22.8 Å². The summed E-state index contributed by atoms with van der Waals surface area (Å²) in [6.45, 7) is 3.56. The normalized spacial score (nSPS) is 11.4. The highest BCUT2D eigenvalue weighted by Gasteiger charge is 2.30. The van der Waals surface area contributed by atoms with Crippen LogP contribution in [0, 0.1) is 6.92 Å². The third kappa shape index (κ3) is 4.82. The molecule has 0 fully saturated rings. The number of ether oxygens (including phenoxy) is 1. The fourth-order valence-electron chi connectivity index (χ4n) is 2.51. The lowest BCUT2D eigenvalue weighted by Gasteiger charge is -2.08. The summed E-state index contributed by atoms with van der Waals surface area (Å²) in [5.74, 6) is -0.768. The van der Waals surface area contributed by atoms with Crippen molar-refractivity contribution in [2.24, 2.45) is 0 Å². The van der Waals surface area contributed by atoms with Gasteiger partial charge in [-0.1, -0.05) is 0 Å². The SMILES string of the molecule is CCOC(=O)Cc1csc(NC(=O)c2cnn(-c3ccc(C(F)(F)F)cn3)c2C)n1. The summed E-state index contributed by atoms with van der Waals surface area (Å²) in [5.41, 5.74) is 0.188. The van der Waals surface area contributed by atoms with Crippen LogP contribution in [-0.2, 0) is 22.1 Å². The van der Waals surface area contributed by atoms with Crippen LogP contribution >= 0.6 is 11.3 Å². The first-order valence-corrected chi connectivity index (χ1v) is 9.56. The van der Waals surface area contributed by atoms with Gasteiger partial charge in [-0.25, -0.2) is 14.6 Å². The molecule has 0 saturated heterocycles. The summed E-state index contributed by atoms with van der Waals surface area (Å²) >= 11 is 1.15. The van der Waals surface area contributed by atoms with Gasteiger partial charge in [0.25, 0.3) is 5.91 Å². The number of nitrogens with one attached hydrogen (secondary N) is 1. The van der Waals surface area contributed by atoms with E-state index in [1.807, 2.05) is 0 Å². The molecular weight excluding hydrogens is 423 g/mol. The van der Waals surface area contributed by atoms with Crippen molar-refractivity contribution >= 4 is 28.3 Å². The number of anilines is 1. The number of amides is 1. The van der Waals surface area contributed by atoms with E-state index in [1.54, 1.807) is 19.2 Å². The minimum atomic E-state index is -4.49. The Bertz CT molecular complexity index is 1060. The van der Waals surface area contributed by atoms with Crippen molar-refractivity contribution in [3.05, 3.63) is 52.4 Å². The fraction of sp³-hybridized carbons (Fsp3) is 0.278. The monoisotopic (exact) mass is 439 g/mol. The van der Waals surface area contributed by atoms with Gasteiger partial charge in [0.15, 0.2) is 10.9 Å². The highest BCUT2D eigenvalue weighted by molar-refractivity contribution is 7.14. The van der Waals surface area contributed by atoms with Crippen LogP contribution in [0.4, 0.5) is 18.3 Å². The first-order chi connectivity index (χ1) is 14.2. The molecule has 8 nitrogen and oxygen atoms in total. The number of thiazole rings is 1. The quantitative estimate of drug-likeness (QED) is 0.591. The second-order valence-corrected chi connectivity index (χ2v) is 6.90. The molecule has 0 atom stereocenters. The topological polar surface area (TPSA) is 99.0 Å². The van der Waals surface area contributed by atoms with E-state index in [-0.39, 0.29) is 24.4 Å². The Balaban J connectivity index is 1.72. The summed E-state index contributed by atoms with van der Waals surface area (Å²) in [6, 6.07) is 2.07. The Labute approximate surface area is 172 Å². The van der Waals surface area contributed by atoms with Crippen molar-refractivity contribution in [2.75, 3.05) is 11.9 Å². The van der Waals surface area contributed by atoms with Crippen LogP contribution < -0.4 is 5.32 Å². The van der Waals surface area contributed by atoms with E-state index in [0.717, 1.165) is 17.4 Å². The van der Waals surface area contributed by atoms with E-state index >= 15 is 0 Å². The number of carbonyl (C=O) groups excluding carboxylic acids is 2. The number of esters is 1. The molecule has 3 rings (SSSR count). The maximum absolute atomic E-state index is 12.7. The largest absolute Gasteiger partial charge is 0.466 e. The Hall–Kier alpha value is -3.28. The van der Waals surface area contributed by atoms with Crippen LogP contribution in [-0.4, -0.2) is 38.2 Å². The molecule has 0 aromatic carbocycles. The molecule has 0 bridgehead atoms. The highest BCUT2D eigenvalue weighted by Crippen LogP contribution is 2.29. The van der Waals surface area contributed by atoms with Gasteiger partial charge in [0.2, 0.25) is 0 Å². The average Bonchev–Trinajstić information content (AvgIpc) is 3.27. The van der Waals surface area contributed by atoms with Crippen molar-refractivity contribution in [1.29, 1.82) is 0 Å². The number of hydrogen-bond acceptors (Lipinski definition) is 7. The number of aromatic nitrogens is 4. The van der Waals surface area contributed by atoms with Crippen LogP contribution in [0.3, 0.4) is 0 Å². The van der Waals surface area contributed by atoms with Crippen molar-refractivity contribution in [3.8, 4) is 5.82 Å². The van der Waals surface area contributed by atoms with E-state index in [4.69, 9.17) is 4.74 Å². The Morgan fingerprint density at radius 3 is 2.67 bits per heavy atom. The van der Waals surface area contributed by atoms with Crippen molar-refractivity contribution in [3.63, 3.8) is 0 Å². The highest BCUT2D eigenvalue weighted by atomic mass is 32.1. The van der Waals surface area contributed by atoms with Crippen LogP contribution in [0.1, 0.15) is 34.2 Å². The lowest BCUT2D eigenvalue weighted by molar-refractivity contribution is -0.142. The molecule has 3 aromatic heterocycles. The predicted molar refractivity (Wildman–Crippen MR) is 102 cm³/mol. The van der Waals surface area contributed by atoms with Gasteiger partial charge >= 0.3 is 12.1 Å². The summed E-state index contributed by atoms with van der Waals surface area (Å²) in [4.78, 5) is 32.0. The second-order valence-electron chi connectivity index (χ2n) is 6.04. The lowest BCUT2D eigenvalue weighted by atomic mass is 10.2. The van der Waals surface area contributed by atoms with Crippen LogP contribution in [0.25, 0.3) is 5.82 Å². The molecule has 30 heavy (non-hydrogen) atoms. The maximum atomic E-state index is 12.7. The third-order valence-corrected chi connectivity index (χ3v) is 4.76. The first-order valence-electron chi connectivity index (χ1n) is 8.68. The Kier molecular flexibility index (Phi) is 6.15. The number of rotatable bonds is 6. The molecule has 0 spiro atoms. The van der Waals surface area contributed by atoms with Crippen molar-refractivity contribution in [1.82, 2.24) is 19.7 Å². The first kappa shape index (κ1) is 21.4. The number of nitrogens with zero attached hydrogens (tertiary/aromatic N) is 4. The number of carbonyl (C=O) groups is 2. The molecule has 3 heterocycles. The number of alkyl halides is 3. The van der Waals surface area contributed by atoms with Gasteiger partial charge in [-0.2, -0.15) is 18.3 Å². The van der Waals surface area contributed by atoms with Gasteiger partial charge in [-0.05, 0) is 26.0 Å². The zero-order valence-corrected chi connectivity index (χ0v) is 16.7. The van der Waals surface area contributed by atoms with Crippen molar-refractivity contribution < 1.29 is 27.5 Å². The van der Waals surface area contributed by atoms with E-state index in [0.29, 0.717) is 22.7 Å². The van der Waals surface area contributed by atoms with Gasteiger partial charge < -0.3 is 4.74 Å². The molecular formula is C18H16F3N5O3S. The standard InChI is InChI=1S/C18H16F3N5O3S/c1-3-29-15(27)6-12-9-30-17(24-12)25-16(28)13-8-23-26(10(13)2)14-5-4-11(7-22-14)18(19,20)21/h4-5,7-9H,3,6H2,1-2H3,(H,24,25,28). The summed E-state index contributed by atoms with van der Waals surface area (Å²) in [7, 11) is 0. The zero-order valence-electron chi connectivity index (χ0n) is 15.9. The molecule has 0 aliphatic rings. The Morgan fingerprint density at radius 1 is 1.27 bits per heavy atom. The van der Waals surface area contributed by atoms with Gasteiger partial charge in [0.1, 0.15) is 0 Å². The summed E-state index contributed by atoms with van der Waals surface area (Å²) in [6.07, 6.45) is -2.50. The molecule has 3 aromatic rings. The molecule has 0 saturated carbocycles. The molecule has 158 valence electrons.